The molecule has 144 valence electrons. The number of fused-ring (bicyclic) bond motifs is 1. The number of amides is 2. The van der Waals surface area contributed by atoms with Gasteiger partial charge in [-0.2, -0.15) is 0 Å². The minimum Gasteiger partial charge on any atom is -0.348 e. The van der Waals surface area contributed by atoms with Gasteiger partial charge in [0.05, 0.1) is 19.3 Å². The molecule has 8 nitrogen and oxygen atoms in total. The van der Waals surface area contributed by atoms with Gasteiger partial charge in [0.25, 0.3) is 0 Å². The minimum atomic E-state index is -0.392. The van der Waals surface area contributed by atoms with Crippen LogP contribution in [0.4, 0.5) is 4.79 Å². The van der Waals surface area contributed by atoms with Crippen LogP contribution in [0, 0.1) is 5.92 Å². The summed E-state index contributed by atoms with van der Waals surface area (Å²) >= 11 is 0. The molecule has 0 aromatic carbocycles. The number of aromatic nitrogens is 3. The highest BCUT2D eigenvalue weighted by atomic mass is 16.7. The Morgan fingerprint density at radius 1 is 1.23 bits per heavy atom. The average Bonchev–Trinajstić information content (AvgIpc) is 3.32. The van der Waals surface area contributed by atoms with Gasteiger partial charge in [-0.05, 0) is 25.2 Å². The fraction of sp³-hybridized carbons (Fsp3) is 0.833. The van der Waals surface area contributed by atoms with E-state index in [4.69, 9.17) is 9.47 Å². The van der Waals surface area contributed by atoms with E-state index in [0.717, 1.165) is 56.7 Å². The normalized spacial score (nSPS) is 23.3. The van der Waals surface area contributed by atoms with Crippen molar-refractivity contribution in [2.45, 2.75) is 76.8 Å². The van der Waals surface area contributed by atoms with E-state index in [1.165, 1.54) is 0 Å². The van der Waals surface area contributed by atoms with Gasteiger partial charge in [0, 0.05) is 31.8 Å². The quantitative estimate of drug-likeness (QED) is 0.853. The fourth-order valence-corrected chi connectivity index (χ4v) is 4.29. The topological polar surface area (TPSA) is 90.3 Å². The molecule has 0 unspecified atom stereocenters. The maximum Gasteiger partial charge on any atom is 0.315 e. The summed E-state index contributed by atoms with van der Waals surface area (Å²) in [5, 5.41) is 14.9. The van der Waals surface area contributed by atoms with Crippen molar-refractivity contribution in [3.63, 3.8) is 0 Å². The number of hydrogen-bond acceptors (Lipinski definition) is 5. The third kappa shape index (κ3) is 3.44. The van der Waals surface area contributed by atoms with Crippen molar-refractivity contribution in [1.29, 1.82) is 0 Å². The number of aryl methyl sites for hydroxylation is 1. The van der Waals surface area contributed by atoms with Crippen LogP contribution in [0.5, 0.6) is 0 Å². The second kappa shape index (κ2) is 7.15. The van der Waals surface area contributed by atoms with Gasteiger partial charge in [0.1, 0.15) is 5.82 Å². The van der Waals surface area contributed by atoms with Crippen LogP contribution in [-0.4, -0.2) is 45.8 Å². The first-order valence-corrected chi connectivity index (χ1v) is 9.83. The monoisotopic (exact) mass is 363 g/mol. The third-order valence-electron chi connectivity index (χ3n) is 5.77. The molecule has 0 bridgehead atoms. The molecule has 1 saturated heterocycles. The zero-order valence-electron chi connectivity index (χ0n) is 15.7. The summed E-state index contributed by atoms with van der Waals surface area (Å²) < 4.78 is 13.7. The summed E-state index contributed by atoms with van der Waals surface area (Å²) in [5.41, 5.74) is 0. The van der Waals surface area contributed by atoms with Crippen molar-refractivity contribution in [2.75, 3.05) is 13.2 Å². The zero-order valence-corrected chi connectivity index (χ0v) is 15.7. The Labute approximate surface area is 154 Å². The largest absolute Gasteiger partial charge is 0.348 e. The van der Waals surface area contributed by atoms with Crippen molar-refractivity contribution in [1.82, 2.24) is 25.4 Å². The van der Waals surface area contributed by atoms with E-state index >= 15 is 0 Å². The summed E-state index contributed by atoms with van der Waals surface area (Å²) in [5.74, 6) is 1.75. The van der Waals surface area contributed by atoms with E-state index in [2.05, 4.69) is 39.2 Å². The van der Waals surface area contributed by atoms with Gasteiger partial charge in [0.15, 0.2) is 11.6 Å². The number of hydrogen-bond donors (Lipinski definition) is 2. The Kier molecular flexibility index (Phi) is 4.88. The number of ether oxygens (including phenoxy) is 2. The van der Waals surface area contributed by atoms with Crippen molar-refractivity contribution in [3.05, 3.63) is 11.6 Å². The molecule has 26 heavy (non-hydrogen) atoms. The molecule has 2 aliphatic heterocycles. The maximum atomic E-state index is 12.6. The highest BCUT2D eigenvalue weighted by Gasteiger charge is 2.40. The SMILES string of the molecule is CC(C)[C@H](NC(=O)NC1CCC2(CC1)OCCO2)c1nnc2n1CCC2. The van der Waals surface area contributed by atoms with Crippen LogP contribution in [0.3, 0.4) is 0 Å². The summed E-state index contributed by atoms with van der Waals surface area (Å²) in [6, 6.07) is -0.107. The molecule has 2 N–H and O–H groups in total. The van der Waals surface area contributed by atoms with E-state index in [1.54, 1.807) is 0 Å². The van der Waals surface area contributed by atoms with Gasteiger partial charge < -0.3 is 24.7 Å². The Balaban J connectivity index is 1.34. The van der Waals surface area contributed by atoms with Crippen LogP contribution < -0.4 is 10.6 Å². The Morgan fingerprint density at radius 3 is 2.65 bits per heavy atom. The predicted molar refractivity (Wildman–Crippen MR) is 94.5 cm³/mol. The molecule has 4 rings (SSSR count). The number of rotatable bonds is 4. The van der Waals surface area contributed by atoms with E-state index in [0.29, 0.717) is 13.2 Å². The fourth-order valence-electron chi connectivity index (χ4n) is 4.29. The van der Waals surface area contributed by atoms with Crippen molar-refractivity contribution < 1.29 is 14.3 Å². The molecular formula is C18H29N5O3. The molecule has 3 aliphatic rings. The lowest BCUT2D eigenvalue weighted by atomic mass is 9.90. The van der Waals surface area contributed by atoms with Crippen LogP contribution in [0.15, 0.2) is 0 Å². The van der Waals surface area contributed by atoms with Crippen molar-refractivity contribution in [3.8, 4) is 0 Å². The molecule has 1 aromatic heterocycles. The van der Waals surface area contributed by atoms with Gasteiger partial charge in [0.2, 0.25) is 0 Å². The molecule has 1 aliphatic carbocycles. The second-order valence-electron chi connectivity index (χ2n) is 7.95. The number of urea groups is 1. The summed E-state index contributed by atoms with van der Waals surface area (Å²) in [6.45, 7) is 6.49. The van der Waals surface area contributed by atoms with E-state index in [-0.39, 0.29) is 24.0 Å². The standard InChI is InChI=1S/C18H29N5O3/c1-12(2)15(16-22-21-14-4-3-9-23(14)16)20-17(24)19-13-5-7-18(8-6-13)25-10-11-26-18/h12-13,15H,3-11H2,1-2H3,(H2,19,20,24)/t15-/m0/s1. The molecule has 0 radical (unpaired) electrons. The number of carbonyl (C=O) groups excluding carboxylic acids is 1. The van der Waals surface area contributed by atoms with Gasteiger partial charge in [-0.15, -0.1) is 10.2 Å². The summed E-state index contributed by atoms with van der Waals surface area (Å²) in [6.07, 6.45) is 5.49. The van der Waals surface area contributed by atoms with Gasteiger partial charge >= 0.3 is 6.03 Å². The average molecular weight is 363 g/mol. The lowest BCUT2D eigenvalue weighted by Crippen LogP contribution is -2.48. The summed E-state index contributed by atoms with van der Waals surface area (Å²) in [4.78, 5) is 12.6. The Morgan fingerprint density at radius 2 is 1.96 bits per heavy atom. The second-order valence-corrected chi connectivity index (χ2v) is 7.95. The molecule has 2 fully saturated rings. The highest BCUT2D eigenvalue weighted by Crippen LogP contribution is 2.35. The molecule has 1 spiro atoms. The van der Waals surface area contributed by atoms with Crippen molar-refractivity contribution >= 4 is 6.03 Å². The van der Waals surface area contributed by atoms with Crippen LogP contribution in [-0.2, 0) is 22.4 Å². The van der Waals surface area contributed by atoms with Crippen LogP contribution in [0.2, 0.25) is 0 Å². The first-order valence-electron chi connectivity index (χ1n) is 9.83. The van der Waals surface area contributed by atoms with Crippen molar-refractivity contribution in [2.24, 2.45) is 5.92 Å². The molecule has 2 amide bonds. The van der Waals surface area contributed by atoms with Gasteiger partial charge in [-0.3, -0.25) is 0 Å². The van der Waals surface area contributed by atoms with Crippen LogP contribution in [0.1, 0.15) is 63.6 Å². The lowest BCUT2D eigenvalue weighted by Gasteiger charge is -2.35. The zero-order chi connectivity index (χ0) is 18.1. The number of carbonyl (C=O) groups is 1. The van der Waals surface area contributed by atoms with Crippen LogP contribution in [0.25, 0.3) is 0 Å². The number of nitrogens with one attached hydrogen (secondary N) is 2. The highest BCUT2D eigenvalue weighted by molar-refractivity contribution is 5.74. The van der Waals surface area contributed by atoms with Crippen LogP contribution >= 0.6 is 0 Å². The first-order chi connectivity index (χ1) is 12.6. The molecule has 1 atom stereocenters. The predicted octanol–water partition coefficient (Wildman–Crippen LogP) is 1.91. The van der Waals surface area contributed by atoms with E-state index in [9.17, 15) is 4.79 Å². The third-order valence-corrected chi connectivity index (χ3v) is 5.77. The molecular weight excluding hydrogens is 334 g/mol. The Bertz CT molecular complexity index is 643. The smallest absolute Gasteiger partial charge is 0.315 e. The first kappa shape index (κ1) is 17.7. The molecule has 8 heteroatoms. The maximum absolute atomic E-state index is 12.6. The van der Waals surface area contributed by atoms with E-state index < -0.39 is 5.79 Å². The number of nitrogens with zero attached hydrogens (tertiary/aromatic N) is 3. The van der Waals surface area contributed by atoms with Gasteiger partial charge in [-0.1, -0.05) is 13.8 Å². The van der Waals surface area contributed by atoms with Gasteiger partial charge in [-0.25, -0.2) is 4.79 Å². The summed E-state index contributed by atoms with van der Waals surface area (Å²) in [7, 11) is 0. The lowest BCUT2D eigenvalue weighted by molar-refractivity contribution is -0.179. The Hall–Kier alpha value is -1.67. The van der Waals surface area contributed by atoms with E-state index in [1.807, 2.05) is 0 Å². The molecule has 1 saturated carbocycles. The molecule has 3 heterocycles. The minimum absolute atomic E-state index is 0.131. The molecule has 1 aromatic rings.